The summed E-state index contributed by atoms with van der Waals surface area (Å²) in [5.74, 6) is 0. The molecule has 0 aromatic carbocycles. The predicted molar refractivity (Wildman–Crippen MR) is 3.61 cm³/mol. The van der Waals surface area contributed by atoms with E-state index in [1.807, 2.05) is 0 Å². The van der Waals surface area contributed by atoms with Gasteiger partial charge in [0.05, 0.1) is 0 Å². The fraction of sp³-hybridized carbons (Fsp3) is 0. The average molecular weight is 468 g/mol. The van der Waals surface area contributed by atoms with Gasteiger partial charge in [-0.15, -0.1) is 30.7 Å². The van der Waals surface area contributed by atoms with Crippen molar-refractivity contribution in [2.45, 2.75) is 0 Å². The second kappa shape index (κ2) is 12.9. The van der Waals surface area contributed by atoms with Gasteiger partial charge in [0.25, 0.3) is 0 Å². The fourth-order valence-electron chi connectivity index (χ4n) is 0. The first-order chi connectivity index (χ1) is 6.00. The molecule has 0 rings (SSSR count). The number of halogens is 3. The topological polar surface area (TPSA) is 308 Å². The predicted octanol–water partition coefficient (Wildman–Crippen LogP) is -15.1. The van der Waals surface area contributed by atoms with Gasteiger partial charge in [-0.1, -0.05) is 0 Å². The Bertz CT molecular complexity index is 91.7. The third-order valence-corrected chi connectivity index (χ3v) is 0. The third kappa shape index (κ3) is 1220. The first kappa shape index (κ1) is 31.4. The largest absolute Gasteiger partial charge is 3.00 e. The summed E-state index contributed by atoms with van der Waals surface area (Å²) in [7, 11) is -14.8. The smallest absolute Gasteiger partial charge is 0.412 e. The van der Waals surface area contributed by atoms with Crippen LogP contribution in [-0.4, -0.2) is 5.48 Å². The molecule has 0 saturated heterocycles. The van der Waals surface area contributed by atoms with Crippen molar-refractivity contribution in [3.05, 3.63) is 0 Å². The Hall–Kier alpha value is 1.93. The number of hydrogen-bond acceptors (Lipinski definition) is 12. The van der Waals surface area contributed by atoms with Crippen LogP contribution in [0.3, 0.4) is 0 Å². The molecule has 2 N–H and O–H groups in total. The monoisotopic (exact) mass is 468 g/mol. The van der Waals surface area contributed by atoms with Gasteiger partial charge in [0.1, 0.15) is 0 Å². The zero-order valence-corrected chi connectivity index (χ0v) is 11.6. The second-order valence-electron chi connectivity index (χ2n) is 1.13. The molecule has 0 aromatic rings. The maximum Gasteiger partial charge on any atom is 3.00 e. The summed E-state index contributed by atoms with van der Waals surface area (Å²) in [5.41, 5.74) is 0. The molecule has 0 aliphatic heterocycles. The second-order valence-corrected chi connectivity index (χ2v) is 3.40. The number of hydrogen-bond donors (Lipinski definition) is 0. The van der Waals surface area contributed by atoms with Crippen LogP contribution in [0.15, 0.2) is 0 Å². The van der Waals surface area contributed by atoms with Gasteiger partial charge in [-0.3, -0.25) is 0 Å². The van der Waals surface area contributed by atoms with Gasteiger partial charge in [0.2, 0.25) is 0 Å². The van der Waals surface area contributed by atoms with E-state index in [1.54, 1.807) is 0 Å². The van der Waals surface area contributed by atoms with E-state index < -0.39 is 30.7 Å². The van der Waals surface area contributed by atoms with Gasteiger partial charge in [-0.2, -0.15) is 0 Å². The Labute approximate surface area is 140 Å². The van der Waals surface area contributed by atoms with E-state index in [0.29, 0.717) is 0 Å². The first-order valence-corrected chi connectivity index (χ1v) is 5.55. The van der Waals surface area contributed by atoms with E-state index in [-0.39, 0.29) is 54.9 Å². The van der Waals surface area contributed by atoms with Crippen LogP contribution in [0.1, 0.15) is 0 Å². The Morgan fingerprint density at radius 3 is 0.353 bits per heavy atom. The first-order valence-electron chi connectivity index (χ1n) is 1.85. The Kier molecular flexibility index (Phi) is 23.9. The maximum absolute atomic E-state index is 8.49. The third-order valence-electron chi connectivity index (χ3n) is 0. The zero-order chi connectivity index (χ0) is 13.5. The Morgan fingerprint density at radius 2 is 0.353 bits per heavy atom. The van der Waals surface area contributed by atoms with E-state index in [0.717, 1.165) is 0 Å². The summed E-state index contributed by atoms with van der Waals surface area (Å²) < 4.78 is 102. The standard InChI is InChI=1S/3ClHO4.Eu.H2O/c3*2-1(3,4)5;;/h3*(H,2,3,4,5);;1H2/q;;;+3;/p-3. The summed E-state index contributed by atoms with van der Waals surface area (Å²) >= 11 is 0. The van der Waals surface area contributed by atoms with Crippen LogP contribution in [0, 0.1) is 80.1 Å². The van der Waals surface area contributed by atoms with Crippen molar-refractivity contribution in [3.63, 3.8) is 0 Å². The summed E-state index contributed by atoms with van der Waals surface area (Å²) in [4.78, 5) is 0. The van der Waals surface area contributed by atoms with Crippen molar-refractivity contribution in [1.29, 1.82) is 0 Å². The molecule has 0 amide bonds. The fourth-order valence-corrected chi connectivity index (χ4v) is 0. The molecule has 0 bridgehead atoms. The molecule has 17 heavy (non-hydrogen) atoms. The summed E-state index contributed by atoms with van der Waals surface area (Å²) in [6, 6.07) is 0. The summed E-state index contributed by atoms with van der Waals surface area (Å²) in [5, 5.41) is 0. The normalized spacial score (nSPS) is 10.6. The van der Waals surface area contributed by atoms with Crippen LogP contribution in [0.4, 0.5) is 0 Å². The van der Waals surface area contributed by atoms with E-state index in [9.17, 15) is 0 Å². The van der Waals surface area contributed by atoms with Crippen LogP contribution in [-0.2, 0) is 0 Å². The van der Waals surface area contributed by atoms with Crippen molar-refractivity contribution in [2.75, 3.05) is 0 Å². The molecule has 108 valence electrons. The molecule has 0 aliphatic rings. The minimum atomic E-state index is -4.94. The molecule has 0 unspecified atom stereocenters. The van der Waals surface area contributed by atoms with Crippen LogP contribution in [0.25, 0.3) is 0 Å². The van der Waals surface area contributed by atoms with Gasteiger partial charge >= 0.3 is 49.4 Å². The minimum Gasteiger partial charge on any atom is -0.412 e. The molecule has 0 fully saturated rings. The molecule has 0 aliphatic carbocycles. The Balaban J connectivity index is -0.0000000400. The van der Waals surface area contributed by atoms with Crippen molar-refractivity contribution in [2.24, 2.45) is 0 Å². The van der Waals surface area contributed by atoms with Crippen molar-refractivity contribution < 1.29 is 141 Å². The summed E-state index contributed by atoms with van der Waals surface area (Å²) in [6.45, 7) is 0. The van der Waals surface area contributed by atoms with Gasteiger partial charge in [0, 0.05) is 0 Å². The minimum absolute atomic E-state index is 0. The molecule has 0 saturated carbocycles. The van der Waals surface area contributed by atoms with Crippen molar-refractivity contribution in [1.82, 2.24) is 0 Å². The van der Waals surface area contributed by atoms with Gasteiger partial charge in [-0.05, 0) is 0 Å². The molecule has 13 nitrogen and oxygen atoms in total. The molecular formula is H2Cl3EuO13. The van der Waals surface area contributed by atoms with Crippen molar-refractivity contribution >= 4 is 0 Å². The Morgan fingerprint density at radius 1 is 0.353 bits per heavy atom. The number of rotatable bonds is 0. The van der Waals surface area contributed by atoms with Gasteiger partial charge in [0.15, 0.2) is 0 Å². The average Bonchev–Trinajstić information content (AvgIpc) is 1.41. The van der Waals surface area contributed by atoms with E-state index in [1.165, 1.54) is 0 Å². The molecule has 0 spiro atoms. The SMILES string of the molecule is O.[Eu+3].[O-][Cl+3]([O-])([O-])[O-].[O-][Cl+3]([O-])([O-])[O-].[O-][Cl+3]([O-])([O-])[O-]. The van der Waals surface area contributed by atoms with Gasteiger partial charge < -0.3 is 5.48 Å². The van der Waals surface area contributed by atoms with Crippen molar-refractivity contribution in [3.8, 4) is 0 Å². The van der Waals surface area contributed by atoms with Crippen LogP contribution in [0.2, 0.25) is 0 Å². The van der Waals surface area contributed by atoms with E-state index in [4.69, 9.17) is 55.9 Å². The molecule has 17 heteroatoms. The van der Waals surface area contributed by atoms with Crippen LogP contribution >= 0.6 is 0 Å². The quantitative estimate of drug-likeness (QED) is 0.320. The van der Waals surface area contributed by atoms with Crippen LogP contribution < -0.4 is 55.9 Å². The van der Waals surface area contributed by atoms with E-state index >= 15 is 0 Å². The summed E-state index contributed by atoms with van der Waals surface area (Å²) in [6.07, 6.45) is 0. The van der Waals surface area contributed by atoms with E-state index in [2.05, 4.69) is 0 Å². The molecular weight excluding hydrogens is 466 g/mol. The maximum atomic E-state index is 8.49. The van der Waals surface area contributed by atoms with Gasteiger partial charge in [-0.25, -0.2) is 55.9 Å². The molecule has 0 radical (unpaired) electrons. The molecule has 0 atom stereocenters. The molecule has 0 heterocycles. The zero-order valence-electron chi connectivity index (χ0n) is 6.91. The molecule has 0 aromatic heterocycles. The van der Waals surface area contributed by atoms with Crippen LogP contribution in [0.5, 0.6) is 0 Å².